The minimum Gasteiger partial charge on any atom is -0.744 e. The Labute approximate surface area is 394 Å². The molecule has 0 spiro atoms. The van der Waals surface area contributed by atoms with Crippen LogP contribution in [-0.4, -0.2) is 135 Å². The van der Waals surface area contributed by atoms with Crippen LogP contribution >= 0.6 is 0 Å². The van der Waals surface area contributed by atoms with Gasteiger partial charge in [0.25, 0.3) is 0 Å². The largest absolute Gasteiger partial charge is 1.00 e. The third-order valence-electron chi connectivity index (χ3n) is 9.42. The van der Waals surface area contributed by atoms with Crippen molar-refractivity contribution in [1.29, 1.82) is 0 Å². The van der Waals surface area contributed by atoms with Crippen molar-refractivity contribution in [2.45, 2.75) is 37.5 Å². The van der Waals surface area contributed by atoms with Crippen molar-refractivity contribution in [3.05, 3.63) is 47.5 Å². The van der Waals surface area contributed by atoms with Crippen LogP contribution in [0, 0.1) is 0 Å². The molecule has 2 aliphatic heterocycles. The van der Waals surface area contributed by atoms with E-state index in [2.05, 4.69) is 40.5 Å². The van der Waals surface area contributed by atoms with Crippen molar-refractivity contribution in [3.63, 3.8) is 0 Å². The second-order valence-corrected chi connectivity index (χ2v) is 15.8. The molecule has 0 saturated carbocycles. The number of nitrogens with zero attached hydrogens (tertiary/aromatic N) is 10. The summed E-state index contributed by atoms with van der Waals surface area (Å²) >= 11 is 0. The Kier molecular flexibility index (Phi) is 18.3. The van der Waals surface area contributed by atoms with Crippen LogP contribution in [0.25, 0.3) is 12.2 Å². The average molecular weight is 885 g/mol. The molecule has 0 amide bonds. The predicted octanol–water partition coefficient (Wildman–Crippen LogP) is -3.10. The van der Waals surface area contributed by atoms with E-state index < -0.39 is 30.0 Å². The number of nitrogens with one attached hydrogen (secondary N) is 2. The first kappa shape index (κ1) is 49.4. The SMILES string of the molecule is CCN(CC)c1nc(Nc2ccc(/C=C/c3ccc(Nc4nc(N(CC)CC)nc(N5CCOCC5)n4)cc3S(=O)(=O)[O-])c(S(=O)(=O)[O-])c2)nc(N2CCOCC2)n1.[Na+].[Na+]. The van der Waals surface area contributed by atoms with Crippen molar-refractivity contribution in [3.8, 4) is 0 Å². The molecule has 0 atom stereocenters. The molecular formula is C36H46N12Na2O8S2. The van der Waals surface area contributed by atoms with Crippen LogP contribution in [0.4, 0.5) is 47.1 Å². The van der Waals surface area contributed by atoms with E-state index in [4.69, 9.17) is 9.47 Å². The van der Waals surface area contributed by atoms with Crippen LogP contribution in [0.15, 0.2) is 46.2 Å². The second kappa shape index (κ2) is 22.2. The summed E-state index contributed by atoms with van der Waals surface area (Å²) in [5.41, 5.74) is 0.313. The number of aromatic nitrogens is 6. The minimum absolute atomic E-state index is 0. The Bertz CT molecular complexity index is 2170. The molecule has 4 aromatic rings. The minimum atomic E-state index is -5.06. The summed E-state index contributed by atoms with van der Waals surface area (Å²) in [6.45, 7) is 14.7. The molecule has 2 saturated heterocycles. The standard InChI is InChI=1S/C36H48N12O8S2.2Na/c1-5-45(6-2)33-39-31(41-35(43-33)47-15-19-55-20-16-47)37-27-13-11-25(29(23-27)57(49,50)51)9-10-26-12-14-28(24-30(26)58(52,53)54)38-32-40-34(46(7-3)8-4)44-36(42-32)48-17-21-56-22-18-48;;/h9-14,23-24H,5-8,15-22H2,1-4H3,(H,49,50,51)(H,52,53,54)(H,37,39,41,43)(H,38,40,42,44);;/q;2*+1/p-2/b10-9+;;. The Balaban J connectivity index is 0.00000397. The van der Waals surface area contributed by atoms with Gasteiger partial charge in [-0.3, -0.25) is 0 Å². The molecule has 2 aromatic heterocycles. The molecule has 60 heavy (non-hydrogen) atoms. The van der Waals surface area contributed by atoms with Crippen LogP contribution in [0.1, 0.15) is 38.8 Å². The van der Waals surface area contributed by atoms with E-state index in [1.165, 1.54) is 36.4 Å². The Hall–Kier alpha value is -3.26. The molecule has 4 heterocycles. The van der Waals surface area contributed by atoms with Gasteiger partial charge in [-0.05, 0) is 63.1 Å². The number of hydrogen-bond donors (Lipinski definition) is 2. The summed E-state index contributed by atoms with van der Waals surface area (Å²) in [6.07, 6.45) is 2.50. The summed E-state index contributed by atoms with van der Waals surface area (Å²) in [5, 5.41) is 6.01. The van der Waals surface area contributed by atoms with Crippen molar-refractivity contribution >= 4 is 79.5 Å². The molecule has 312 valence electrons. The van der Waals surface area contributed by atoms with Gasteiger partial charge in [0.1, 0.15) is 20.2 Å². The first-order valence-corrected chi connectivity index (χ1v) is 21.7. The van der Waals surface area contributed by atoms with Crippen LogP contribution < -0.4 is 89.3 Å². The molecular weight excluding hydrogens is 839 g/mol. The van der Waals surface area contributed by atoms with Gasteiger partial charge >= 0.3 is 59.1 Å². The summed E-state index contributed by atoms with van der Waals surface area (Å²) in [4.78, 5) is 34.1. The first-order chi connectivity index (χ1) is 27.8. The number of benzene rings is 2. The zero-order chi connectivity index (χ0) is 41.5. The van der Waals surface area contributed by atoms with E-state index in [1.807, 2.05) is 47.3 Å². The molecule has 2 aliphatic rings. The fourth-order valence-corrected chi connectivity index (χ4v) is 7.69. The van der Waals surface area contributed by atoms with Gasteiger partial charge in [-0.2, -0.15) is 29.9 Å². The molecule has 2 aromatic carbocycles. The van der Waals surface area contributed by atoms with Gasteiger partial charge < -0.3 is 48.8 Å². The maximum Gasteiger partial charge on any atom is 1.00 e. The maximum atomic E-state index is 12.6. The molecule has 24 heteroatoms. The fourth-order valence-electron chi connectivity index (χ4n) is 6.30. The van der Waals surface area contributed by atoms with Crippen molar-refractivity contribution in [2.24, 2.45) is 0 Å². The third kappa shape index (κ3) is 12.7. The summed E-state index contributed by atoms with van der Waals surface area (Å²) in [7, 11) is -10.1. The molecule has 6 rings (SSSR count). The summed E-state index contributed by atoms with van der Waals surface area (Å²) in [6, 6.07) is 8.08. The van der Waals surface area contributed by atoms with Crippen molar-refractivity contribution in [1.82, 2.24) is 29.9 Å². The Morgan fingerprint density at radius 2 is 0.950 bits per heavy atom. The summed E-state index contributed by atoms with van der Waals surface area (Å²) < 4.78 is 86.3. The number of rotatable bonds is 16. The maximum absolute atomic E-state index is 12.6. The van der Waals surface area contributed by atoms with Crippen LogP contribution in [0.5, 0.6) is 0 Å². The van der Waals surface area contributed by atoms with Crippen LogP contribution in [0.2, 0.25) is 0 Å². The third-order valence-corrected chi connectivity index (χ3v) is 11.2. The fraction of sp³-hybridized carbons (Fsp3) is 0.444. The topological polar surface area (TPSA) is 247 Å². The zero-order valence-electron chi connectivity index (χ0n) is 34.7. The van der Waals surface area contributed by atoms with Crippen LogP contribution in [-0.2, 0) is 29.7 Å². The van der Waals surface area contributed by atoms with Gasteiger partial charge in [-0.25, -0.2) is 16.8 Å². The number of anilines is 8. The molecule has 0 aliphatic carbocycles. The van der Waals surface area contributed by atoms with Crippen molar-refractivity contribution in [2.75, 3.05) is 109 Å². The molecule has 20 nitrogen and oxygen atoms in total. The van der Waals surface area contributed by atoms with Crippen LogP contribution in [0.3, 0.4) is 0 Å². The molecule has 0 radical (unpaired) electrons. The smallest absolute Gasteiger partial charge is 0.744 e. The molecule has 2 N–H and O–H groups in total. The van der Waals surface area contributed by atoms with E-state index in [0.29, 0.717) is 103 Å². The second-order valence-electron chi connectivity index (χ2n) is 13.1. The Morgan fingerprint density at radius 1 is 0.600 bits per heavy atom. The average Bonchev–Trinajstić information content (AvgIpc) is 3.21. The first-order valence-electron chi connectivity index (χ1n) is 18.9. The molecule has 0 bridgehead atoms. The van der Waals surface area contributed by atoms with Gasteiger partial charge in [0.05, 0.1) is 36.2 Å². The van der Waals surface area contributed by atoms with E-state index in [9.17, 15) is 25.9 Å². The predicted molar refractivity (Wildman–Crippen MR) is 217 cm³/mol. The zero-order valence-corrected chi connectivity index (χ0v) is 40.3. The molecule has 2 fully saturated rings. The summed E-state index contributed by atoms with van der Waals surface area (Å²) in [5.74, 6) is 1.93. The van der Waals surface area contributed by atoms with Gasteiger partial charge in [0, 0.05) is 63.7 Å². The number of hydrogen-bond acceptors (Lipinski definition) is 20. The van der Waals surface area contributed by atoms with Gasteiger partial charge in [0.2, 0.25) is 35.7 Å². The normalized spacial score (nSPS) is 14.6. The quantitative estimate of drug-likeness (QED) is 0.0643. The monoisotopic (exact) mass is 884 g/mol. The van der Waals surface area contributed by atoms with Gasteiger partial charge in [-0.15, -0.1) is 0 Å². The van der Waals surface area contributed by atoms with Gasteiger partial charge in [0.15, 0.2) is 0 Å². The number of ether oxygens (including phenoxy) is 2. The van der Waals surface area contributed by atoms with E-state index in [1.54, 1.807) is 0 Å². The van der Waals surface area contributed by atoms with E-state index in [0.717, 1.165) is 12.1 Å². The van der Waals surface area contributed by atoms with E-state index in [-0.39, 0.29) is 93.5 Å². The van der Waals surface area contributed by atoms with Crippen molar-refractivity contribution < 1.29 is 94.5 Å². The number of morpholine rings is 2. The Morgan fingerprint density at radius 3 is 1.27 bits per heavy atom. The molecule has 0 unspecified atom stereocenters. The van der Waals surface area contributed by atoms with E-state index >= 15 is 0 Å². The van der Waals surface area contributed by atoms with Gasteiger partial charge in [-0.1, -0.05) is 24.3 Å².